The molecule has 0 saturated carbocycles. The smallest absolute Gasteiger partial charge is 1.00 e. The van der Waals surface area contributed by atoms with Crippen LogP contribution < -0.4 is 9.80 Å². The minimum absolute atomic E-state index is 0. The second kappa shape index (κ2) is 7.99. The van der Waals surface area contributed by atoms with E-state index in [4.69, 9.17) is 0 Å². The molecule has 20 heavy (non-hydrogen) atoms. The van der Waals surface area contributed by atoms with Gasteiger partial charge < -0.3 is 11.2 Å². The van der Waals surface area contributed by atoms with Gasteiger partial charge in [0, 0.05) is 39.6 Å². The van der Waals surface area contributed by atoms with Gasteiger partial charge in [-0.1, -0.05) is 24.3 Å². The maximum absolute atomic E-state index is 2.19. The number of benzene rings is 2. The van der Waals surface area contributed by atoms with Crippen LogP contribution in [0.5, 0.6) is 0 Å². The third-order valence-corrected chi connectivity index (χ3v) is 3.15. The Morgan fingerprint density at radius 1 is 0.650 bits per heavy atom. The van der Waals surface area contributed by atoms with Crippen molar-refractivity contribution in [2.45, 2.75) is 0 Å². The summed E-state index contributed by atoms with van der Waals surface area (Å²) in [5, 5.41) is 0. The van der Waals surface area contributed by atoms with Gasteiger partial charge in [0.2, 0.25) is 0 Å². The molecule has 0 unspecified atom stereocenters. The molecule has 2 aromatic carbocycles. The molecule has 0 atom stereocenters. The average Bonchev–Trinajstić information content (AvgIpc) is 2.40. The van der Waals surface area contributed by atoms with Crippen LogP contribution in [0.2, 0.25) is 0 Å². The summed E-state index contributed by atoms with van der Waals surface area (Å²) in [6.07, 6.45) is 2.19. The number of hydrogen-bond donors (Lipinski definition) is 0. The third-order valence-electron chi connectivity index (χ3n) is 3.15. The largest absolute Gasteiger partial charge is 2.00 e. The number of nitrogens with zero attached hydrogens (tertiary/aromatic N) is 2. The molecule has 0 aromatic heterocycles. The Morgan fingerprint density at radius 2 is 0.950 bits per heavy atom. The maximum atomic E-state index is 2.19. The molecule has 0 heterocycles. The predicted octanol–water partition coefficient (Wildman–Crippen LogP) is 3.15. The minimum Gasteiger partial charge on any atom is -1.00 e. The standard InChI is InChI=1S/C17H21N2.Sr.H/c1-18(2)16-9-5-14(6-10-16)13-15-7-11-17(12-8-15)19(3)4;;/h5-13H,1-4H3;;/q-1;+2;-1. The average molecular weight is 342 g/mol. The molecular weight excluding hydrogens is 320 g/mol. The summed E-state index contributed by atoms with van der Waals surface area (Å²) in [5.41, 5.74) is 4.90. The quantitative estimate of drug-likeness (QED) is 0.622. The van der Waals surface area contributed by atoms with Gasteiger partial charge in [-0.2, -0.15) is 0 Å². The van der Waals surface area contributed by atoms with E-state index in [9.17, 15) is 0 Å². The normalized spacial score (nSPS) is 9.60. The maximum Gasteiger partial charge on any atom is 2.00 e. The molecule has 0 amide bonds. The predicted molar refractivity (Wildman–Crippen MR) is 90.9 cm³/mol. The molecule has 0 aliphatic carbocycles. The Bertz CT molecular complexity index is 472. The first-order chi connectivity index (χ1) is 9.06. The molecule has 0 aliphatic heterocycles. The van der Waals surface area contributed by atoms with Crippen molar-refractivity contribution in [3.05, 3.63) is 66.1 Å². The Labute approximate surface area is 161 Å². The number of rotatable bonds is 4. The van der Waals surface area contributed by atoms with Crippen LogP contribution in [0.15, 0.2) is 48.5 Å². The van der Waals surface area contributed by atoms with Crippen molar-refractivity contribution >= 4 is 56.9 Å². The molecule has 2 nitrogen and oxygen atoms in total. The van der Waals surface area contributed by atoms with Crippen LogP contribution in [0, 0.1) is 6.42 Å². The van der Waals surface area contributed by atoms with Gasteiger partial charge in [-0.3, -0.25) is 0 Å². The van der Waals surface area contributed by atoms with Gasteiger partial charge in [0.15, 0.2) is 0 Å². The van der Waals surface area contributed by atoms with Gasteiger partial charge in [-0.25, -0.2) is 0 Å². The van der Waals surface area contributed by atoms with Crippen LogP contribution in [-0.4, -0.2) is 73.7 Å². The summed E-state index contributed by atoms with van der Waals surface area (Å²) >= 11 is 0. The van der Waals surface area contributed by atoms with E-state index in [1.54, 1.807) is 0 Å². The zero-order valence-corrected chi connectivity index (χ0v) is 16.3. The van der Waals surface area contributed by atoms with Crippen molar-refractivity contribution in [2.75, 3.05) is 38.0 Å². The monoisotopic (exact) mass is 342 g/mol. The first-order valence-electron chi connectivity index (χ1n) is 6.46. The summed E-state index contributed by atoms with van der Waals surface area (Å²) in [6, 6.07) is 17.1. The first kappa shape index (κ1) is 17.4. The fourth-order valence-electron chi connectivity index (χ4n) is 1.93. The van der Waals surface area contributed by atoms with E-state index in [1.807, 2.05) is 0 Å². The van der Waals surface area contributed by atoms with Gasteiger partial charge in [0.25, 0.3) is 0 Å². The number of anilines is 2. The summed E-state index contributed by atoms with van der Waals surface area (Å²) < 4.78 is 0. The fourth-order valence-corrected chi connectivity index (χ4v) is 1.93. The van der Waals surface area contributed by atoms with E-state index in [0.29, 0.717) is 0 Å². The molecule has 3 heteroatoms. The Balaban J connectivity index is 0.00000200. The molecule has 102 valence electrons. The topological polar surface area (TPSA) is 6.48 Å². The molecular formula is C17H22N2Sr. The summed E-state index contributed by atoms with van der Waals surface area (Å²) in [7, 11) is 8.22. The van der Waals surface area contributed by atoms with Crippen LogP contribution in [0.1, 0.15) is 12.6 Å². The SMILES string of the molecule is CN(C)c1ccc([CH-]c2ccc(N(C)C)cc2)cc1.[H-].[Sr+2]. The van der Waals surface area contributed by atoms with Crippen LogP contribution in [0.3, 0.4) is 0 Å². The first-order valence-corrected chi connectivity index (χ1v) is 6.46. The van der Waals surface area contributed by atoms with Crippen LogP contribution in [0.4, 0.5) is 11.4 Å². The molecule has 0 saturated heterocycles. The van der Waals surface area contributed by atoms with Crippen molar-refractivity contribution in [3.63, 3.8) is 0 Å². The zero-order valence-electron chi connectivity index (χ0n) is 13.8. The molecule has 2 aromatic rings. The van der Waals surface area contributed by atoms with Crippen molar-refractivity contribution in [2.24, 2.45) is 0 Å². The molecule has 0 bridgehead atoms. The van der Waals surface area contributed by atoms with Gasteiger partial charge >= 0.3 is 45.5 Å². The Morgan fingerprint density at radius 3 is 1.20 bits per heavy atom. The van der Waals surface area contributed by atoms with E-state index in [1.165, 1.54) is 22.5 Å². The van der Waals surface area contributed by atoms with Crippen LogP contribution in [0.25, 0.3) is 0 Å². The van der Waals surface area contributed by atoms with E-state index in [2.05, 4.69) is 92.9 Å². The van der Waals surface area contributed by atoms with Crippen molar-refractivity contribution in [3.8, 4) is 0 Å². The van der Waals surface area contributed by atoms with Gasteiger partial charge in [-0.15, -0.1) is 41.8 Å². The van der Waals surface area contributed by atoms with E-state index in [-0.39, 0.29) is 46.9 Å². The summed E-state index contributed by atoms with van der Waals surface area (Å²) in [6.45, 7) is 0. The van der Waals surface area contributed by atoms with Crippen molar-refractivity contribution in [1.29, 1.82) is 0 Å². The number of hydrogen-bond acceptors (Lipinski definition) is 2. The van der Waals surface area contributed by atoms with Crippen LogP contribution >= 0.6 is 0 Å². The summed E-state index contributed by atoms with van der Waals surface area (Å²) in [4.78, 5) is 4.21. The van der Waals surface area contributed by atoms with Crippen LogP contribution in [-0.2, 0) is 0 Å². The van der Waals surface area contributed by atoms with Gasteiger partial charge in [-0.05, 0) is 0 Å². The second-order valence-electron chi connectivity index (χ2n) is 5.12. The minimum atomic E-state index is 0. The van der Waals surface area contributed by atoms with Gasteiger partial charge in [0.1, 0.15) is 0 Å². The molecule has 0 fully saturated rings. The third kappa shape index (κ3) is 4.74. The molecule has 0 aliphatic rings. The van der Waals surface area contributed by atoms with E-state index in [0.717, 1.165) is 0 Å². The summed E-state index contributed by atoms with van der Waals surface area (Å²) in [5.74, 6) is 0. The zero-order chi connectivity index (χ0) is 13.8. The second-order valence-corrected chi connectivity index (χ2v) is 5.12. The Kier molecular flexibility index (Phi) is 6.96. The van der Waals surface area contributed by atoms with E-state index < -0.39 is 0 Å². The Hall–Kier alpha value is -0.609. The molecule has 0 N–H and O–H groups in total. The molecule has 0 spiro atoms. The van der Waals surface area contributed by atoms with E-state index >= 15 is 0 Å². The van der Waals surface area contributed by atoms with Gasteiger partial charge in [0.05, 0.1) is 0 Å². The molecule has 2 rings (SSSR count). The van der Waals surface area contributed by atoms with Crippen molar-refractivity contribution in [1.82, 2.24) is 0 Å². The van der Waals surface area contributed by atoms with Crippen molar-refractivity contribution < 1.29 is 1.43 Å². The molecule has 0 radical (unpaired) electrons. The fraction of sp³-hybridized carbons (Fsp3) is 0.235.